The Balaban J connectivity index is 1.61. The zero-order chi connectivity index (χ0) is 18.5. The molecule has 2 aromatic carbocycles. The van der Waals surface area contributed by atoms with Gasteiger partial charge in [-0.15, -0.1) is 0 Å². The maximum atomic E-state index is 13.6. The Labute approximate surface area is 147 Å². The number of halogens is 3. The van der Waals surface area contributed by atoms with E-state index >= 15 is 0 Å². The lowest BCUT2D eigenvalue weighted by Crippen LogP contribution is -2.13. The van der Waals surface area contributed by atoms with Crippen molar-refractivity contribution in [2.24, 2.45) is 0 Å². The number of pyridine rings is 1. The number of hydrogen-bond acceptors (Lipinski definition) is 3. The number of nitrogens with zero attached hydrogens (tertiary/aromatic N) is 1. The van der Waals surface area contributed by atoms with E-state index in [0.29, 0.717) is 17.1 Å². The third kappa shape index (κ3) is 4.18. The summed E-state index contributed by atoms with van der Waals surface area (Å²) >= 11 is 0. The monoisotopic (exact) mass is 357 g/mol. The summed E-state index contributed by atoms with van der Waals surface area (Å²) in [4.78, 5) is 16.1. The highest BCUT2D eigenvalue weighted by atomic mass is 19.2. The summed E-state index contributed by atoms with van der Waals surface area (Å²) in [7, 11) is 0. The molecule has 0 radical (unpaired) electrons. The van der Waals surface area contributed by atoms with E-state index in [4.69, 9.17) is 0 Å². The molecule has 3 aromatic rings. The second kappa shape index (κ2) is 7.69. The van der Waals surface area contributed by atoms with Crippen molar-refractivity contribution in [2.45, 2.75) is 6.54 Å². The van der Waals surface area contributed by atoms with Crippen LogP contribution in [0.1, 0.15) is 15.9 Å². The molecule has 0 bridgehead atoms. The molecule has 0 aliphatic rings. The quantitative estimate of drug-likeness (QED) is 0.713. The second-order valence-electron chi connectivity index (χ2n) is 5.46. The van der Waals surface area contributed by atoms with Crippen LogP contribution in [-0.2, 0) is 6.54 Å². The molecular weight excluding hydrogens is 343 g/mol. The van der Waals surface area contributed by atoms with Gasteiger partial charge in [-0.1, -0.05) is 18.2 Å². The van der Waals surface area contributed by atoms with Crippen LogP contribution >= 0.6 is 0 Å². The summed E-state index contributed by atoms with van der Waals surface area (Å²) in [6.07, 6.45) is 1.40. The predicted octanol–water partition coefficient (Wildman–Crippen LogP) is 4.36. The van der Waals surface area contributed by atoms with Crippen LogP contribution in [0.2, 0.25) is 0 Å². The molecule has 7 heteroatoms. The first-order valence-corrected chi connectivity index (χ1v) is 7.72. The Morgan fingerprint density at radius 2 is 1.73 bits per heavy atom. The molecule has 0 aliphatic carbocycles. The fourth-order valence-corrected chi connectivity index (χ4v) is 2.24. The van der Waals surface area contributed by atoms with Crippen molar-refractivity contribution in [1.82, 2.24) is 4.98 Å². The molecule has 1 aromatic heterocycles. The average molecular weight is 357 g/mol. The molecule has 0 saturated carbocycles. The number of rotatable bonds is 5. The molecule has 0 saturated heterocycles. The van der Waals surface area contributed by atoms with Gasteiger partial charge in [-0.25, -0.2) is 18.2 Å². The Morgan fingerprint density at radius 3 is 2.42 bits per heavy atom. The van der Waals surface area contributed by atoms with Crippen LogP contribution in [0, 0.1) is 17.5 Å². The maximum absolute atomic E-state index is 13.6. The highest BCUT2D eigenvalue weighted by Crippen LogP contribution is 2.15. The summed E-state index contributed by atoms with van der Waals surface area (Å²) in [6.45, 7) is 0.264. The fraction of sp³-hybridized carbons (Fsp3) is 0.0526. The molecule has 0 spiro atoms. The van der Waals surface area contributed by atoms with Gasteiger partial charge in [-0.2, -0.15) is 0 Å². The van der Waals surface area contributed by atoms with Gasteiger partial charge in [0, 0.05) is 17.7 Å². The molecule has 4 nitrogen and oxygen atoms in total. The highest BCUT2D eigenvalue weighted by molar-refractivity contribution is 6.04. The molecule has 132 valence electrons. The molecule has 3 rings (SSSR count). The van der Waals surface area contributed by atoms with E-state index in [-0.39, 0.29) is 17.9 Å². The van der Waals surface area contributed by atoms with Gasteiger partial charge in [0.15, 0.2) is 11.6 Å². The summed E-state index contributed by atoms with van der Waals surface area (Å²) in [5.74, 6) is -2.51. The van der Waals surface area contributed by atoms with Crippen molar-refractivity contribution in [2.75, 3.05) is 10.6 Å². The number of carbonyl (C=O) groups excluding carboxylic acids is 1. The zero-order valence-electron chi connectivity index (χ0n) is 13.5. The van der Waals surface area contributed by atoms with Crippen molar-refractivity contribution < 1.29 is 18.0 Å². The first-order chi connectivity index (χ1) is 12.5. The topological polar surface area (TPSA) is 54.0 Å². The Kier molecular flexibility index (Phi) is 5.17. The SMILES string of the molecule is O=C(Nc1ccc(NCc2ccccc2F)nc1)c1ccc(F)c(F)c1. The van der Waals surface area contributed by atoms with Gasteiger partial charge >= 0.3 is 0 Å². The number of nitrogens with one attached hydrogen (secondary N) is 2. The third-order valence-corrected chi connectivity index (χ3v) is 3.62. The summed E-state index contributed by atoms with van der Waals surface area (Å²) < 4.78 is 39.6. The van der Waals surface area contributed by atoms with Crippen molar-refractivity contribution in [3.63, 3.8) is 0 Å². The molecule has 26 heavy (non-hydrogen) atoms. The fourth-order valence-electron chi connectivity index (χ4n) is 2.24. The van der Waals surface area contributed by atoms with Gasteiger partial charge < -0.3 is 10.6 Å². The largest absolute Gasteiger partial charge is 0.366 e. The van der Waals surface area contributed by atoms with Crippen LogP contribution in [0.25, 0.3) is 0 Å². The lowest BCUT2D eigenvalue weighted by Gasteiger charge is -2.09. The minimum atomic E-state index is -1.09. The Bertz CT molecular complexity index is 930. The molecular formula is C19H14F3N3O. The van der Waals surface area contributed by atoms with Crippen molar-refractivity contribution >= 4 is 17.4 Å². The first-order valence-electron chi connectivity index (χ1n) is 7.72. The van der Waals surface area contributed by atoms with Crippen LogP contribution in [-0.4, -0.2) is 10.9 Å². The van der Waals surface area contributed by atoms with Crippen LogP contribution in [0.3, 0.4) is 0 Å². The molecule has 0 atom stereocenters. The van der Waals surface area contributed by atoms with Gasteiger partial charge in [-0.05, 0) is 36.4 Å². The van der Waals surface area contributed by atoms with Gasteiger partial charge in [-0.3, -0.25) is 4.79 Å². The number of aromatic nitrogens is 1. The minimum Gasteiger partial charge on any atom is -0.366 e. The lowest BCUT2D eigenvalue weighted by molar-refractivity contribution is 0.102. The summed E-state index contributed by atoms with van der Waals surface area (Å²) in [5, 5.41) is 5.51. The van der Waals surface area contributed by atoms with Crippen LogP contribution < -0.4 is 10.6 Å². The van der Waals surface area contributed by atoms with Crippen molar-refractivity contribution in [1.29, 1.82) is 0 Å². The summed E-state index contributed by atoms with van der Waals surface area (Å²) in [6, 6.07) is 12.5. The van der Waals surface area contributed by atoms with E-state index in [1.54, 1.807) is 30.3 Å². The molecule has 1 heterocycles. The van der Waals surface area contributed by atoms with E-state index in [2.05, 4.69) is 15.6 Å². The number of amides is 1. The van der Waals surface area contributed by atoms with Crippen molar-refractivity contribution in [3.05, 3.63) is 89.4 Å². The normalized spacial score (nSPS) is 10.4. The molecule has 1 amide bonds. The zero-order valence-corrected chi connectivity index (χ0v) is 13.5. The maximum Gasteiger partial charge on any atom is 0.255 e. The smallest absolute Gasteiger partial charge is 0.255 e. The number of hydrogen-bond donors (Lipinski definition) is 2. The van der Waals surface area contributed by atoms with Gasteiger partial charge in [0.05, 0.1) is 11.9 Å². The third-order valence-electron chi connectivity index (χ3n) is 3.62. The Morgan fingerprint density at radius 1 is 0.923 bits per heavy atom. The van der Waals surface area contributed by atoms with Gasteiger partial charge in [0.1, 0.15) is 11.6 Å². The molecule has 2 N–H and O–H groups in total. The van der Waals surface area contributed by atoms with Crippen LogP contribution in [0.4, 0.5) is 24.7 Å². The average Bonchev–Trinajstić information content (AvgIpc) is 2.64. The predicted molar refractivity (Wildman–Crippen MR) is 92.3 cm³/mol. The molecule has 0 unspecified atom stereocenters. The van der Waals surface area contributed by atoms with E-state index in [0.717, 1.165) is 12.1 Å². The molecule has 0 fully saturated rings. The minimum absolute atomic E-state index is 0.00865. The second-order valence-corrected chi connectivity index (χ2v) is 5.46. The lowest BCUT2D eigenvalue weighted by atomic mass is 10.2. The number of carbonyl (C=O) groups is 1. The van der Waals surface area contributed by atoms with E-state index in [9.17, 15) is 18.0 Å². The first kappa shape index (κ1) is 17.5. The van der Waals surface area contributed by atoms with Crippen LogP contribution in [0.15, 0.2) is 60.8 Å². The standard InChI is InChI=1S/C19H14F3N3O/c20-15-4-2-1-3-13(15)10-23-18-8-6-14(11-24-18)25-19(26)12-5-7-16(21)17(22)9-12/h1-9,11H,10H2,(H,23,24)(H,25,26). The molecule has 0 aliphatic heterocycles. The van der Waals surface area contributed by atoms with Crippen LogP contribution in [0.5, 0.6) is 0 Å². The summed E-state index contributed by atoms with van der Waals surface area (Å²) in [5.41, 5.74) is 0.881. The van der Waals surface area contributed by atoms with Gasteiger partial charge in [0.25, 0.3) is 5.91 Å². The number of anilines is 2. The van der Waals surface area contributed by atoms with Crippen molar-refractivity contribution in [3.8, 4) is 0 Å². The van der Waals surface area contributed by atoms with Gasteiger partial charge in [0.2, 0.25) is 0 Å². The Hall–Kier alpha value is -3.35. The van der Waals surface area contributed by atoms with E-state index < -0.39 is 17.5 Å². The van der Waals surface area contributed by atoms with E-state index in [1.165, 1.54) is 18.3 Å². The number of benzene rings is 2. The highest BCUT2D eigenvalue weighted by Gasteiger charge is 2.10. The van der Waals surface area contributed by atoms with E-state index in [1.807, 2.05) is 0 Å².